The van der Waals surface area contributed by atoms with Crippen LogP contribution in [0.4, 0.5) is 11.8 Å². The van der Waals surface area contributed by atoms with Crippen LogP contribution < -0.4 is 16.2 Å². The minimum Gasteiger partial charge on any atom is -0.495 e. The fourth-order valence-electron chi connectivity index (χ4n) is 5.05. The van der Waals surface area contributed by atoms with Gasteiger partial charge in [0.05, 0.1) is 19.9 Å². The van der Waals surface area contributed by atoms with E-state index in [0.29, 0.717) is 35.4 Å². The number of ether oxygens (including phenoxy) is 1. The molecule has 0 atom stereocenters. The molecule has 0 amide bonds. The highest BCUT2D eigenvalue weighted by Gasteiger charge is 2.35. The Morgan fingerprint density at radius 3 is 2.58 bits per heavy atom. The van der Waals surface area contributed by atoms with E-state index < -0.39 is 0 Å². The lowest BCUT2D eigenvalue weighted by molar-refractivity contribution is 0.00269. The molecule has 0 radical (unpaired) electrons. The molecule has 3 aromatic heterocycles. The van der Waals surface area contributed by atoms with Crippen molar-refractivity contribution in [3.8, 4) is 5.75 Å². The number of likely N-dealkylation sites (tertiary alicyclic amines) is 2. The molecule has 2 fully saturated rings. The summed E-state index contributed by atoms with van der Waals surface area (Å²) < 4.78 is 7.45. The van der Waals surface area contributed by atoms with Crippen molar-refractivity contribution in [2.24, 2.45) is 0 Å². The average Bonchev–Trinajstić information content (AvgIpc) is 3.16. The highest BCUT2D eigenvalue weighted by Crippen LogP contribution is 2.33. The lowest BCUT2D eigenvalue weighted by atomic mass is 9.88. The first-order valence-corrected chi connectivity index (χ1v) is 11.7. The first-order valence-electron chi connectivity index (χ1n) is 11.7. The van der Waals surface area contributed by atoms with Gasteiger partial charge >= 0.3 is 0 Å². The minimum absolute atomic E-state index is 0.139. The number of aromatic nitrogens is 5. The quantitative estimate of drug-likeness (QED) is 0.576. The Kier molecular flexibility index (Phi) is 5.79. The molecule has 0 spiro atoms. The summed E-state index contributed by atoms with van der Waals surface area (Å²) in [5.41, 5.74) is 15.1. The number of nitrogen functional groups attached to an aromatic ring is 2. The monoisotopic (exact) mass is 451 g/mol. The van der Waals surface area contributed by atoms with Gasteiger partial charge in [0.1, 0.15) is 22.5 Å². The Bertz CT molecular complexity index is 1130. The number of hydrogen-bond donors (Lipinski definition) is 2. The van der Waals surface area contributed by atoms with Crippen LogP contribution in [-0.4, -0.2) is 79.9 Å². The van der Waals surface area contributed by atoms with Crippen LogP contribution in [0, 0.1) is 0 Å². The summed E-state index contributed by atoms with van der Waals surface area (Å²) in [5, 5.41) is 4.41. The van der Waals surface area contributed by atoms with Crippen molar-refractivity contribution in [3.63, 3.8) is 0 Å². The van der Waals surface area contributed by atoms with E-state index >= 15 is 0 Å². The van der Waals surface area contributed by atoms with Crippen LogP contribution in [0.25, 0.3) is 11.0 Å². The van der Waals surface area contributed by atoms with E-state index in [1.54, 1.807) is 18.0 Å². The number of pyridine rings is 1. The summed E-state index contributed by atoms with van der Waals surface area (Å²) in [7, 11) is 1.68. The molecule has 176 valence electrons. The summed E-state index contributed by atoms with van der Waals surface area (Å²) in [4.78, 5) is 18.2. The van der Waals surface area contributed by atoms with Crippen LogP contribution in [-0.2, 0) is 6.54 Å². The number of rotatable bonds is 6. The molecule has 0 saturated carbocycles. The van der Waals surface area contributed by atoms with E-state index in [0.717, 1.165) is 43.4 Å². The van der Waals surface area contributed by atoms with Crippen molar-refractivity contribution in [2.75, 3.05) is 44.8 Å². The molecule has 10 heteroatoms. The van der Waals surface area contributed by atoms with Crippen LogP contribution in [0.3, 0.4) is 0 Å². The van der Waals surface area contributed by atoms with Crippen molar-refractivity contribution < 1.29 is 4.74 Å². The largest absolute Gasteiger partial charge is 0.495 e. The first-order chi connectivity index (χ1) is 15.9. The van der Waals surface area contributed by atoms with Crippen LogP contribution in [0.2, 0.25) is 0 Å². The molecular weight excluding hydrogens is 418 g/mol. The first kappa shape index (κ1) is 21.8. The zero-order chi connectivity index (χ0) is 23.1. The number of piperidine rings is 1. The predicted molar refractivity (Wildman–Crippen MR) is 128 cm³/mol. The highest BCUT2D eigenvalue weighted by atomic mass is 16.5. The van der Waals surface area contributed by atoms with Gasteiger partial charge in [-0.05, 0) is 57.3 Å². The van der Waals surface area contributed by atoms with Gasteiger partial charge in [-0.3, -0.25) is 19.5 Å². The second-order valence-corrected chi connectivity index (χ2v) is 9.43. The Morgan fingerprint density at radius 2 is 1.88 bits per heavy atom. The molecule has 3 aromatic rings. The zero-order valence-corrected chi connectivity index (χ0v) is 19.6. The number of fused-ring (bicyclic) bond motifs is 1. The highest BCUT2D eigenvalue weighted by molar-refractivity contribution is 5.85. The van der Waals surface area contributed by atoms with E-state index in [4.69, 9.17) is 21.2 Å². The van der Waals surface area contributed by atoms with Crippen molar-refractivity contribution in [2.45, 2.75) is 51.2 Å². The van der Waals surface area contributed by atoms with Crippen molar-refractivity contribution in [1.82, 2.24) is 34.5 Å². The Hall–Kier alpha value is -2.98. The smallest absolute Gasteiger partial charge is 0.222 e. The van der Waals surface area contributed by atoms with E-state index in [1.807, 2.05) is 6.20 Å². The van der Waals surface area contributed by atoms with E-state index in [9.17, 15) is 0 Å². The Labute approximate surface area is 193 Å². The van der Waals surface area contributed by atoms with Gasteiger partial charge in [0.25, 0.3) is 0 Å². The van der Waals surface area contributed by atoms with E-state index in [1.165, 1.54) is 18.7 Å². The summed E-state index contributed by atoms with van der Waals surface area (Å²) in [6, 6.07) is 3.51. The number of anilines is 2. The van der Waals surface area contributed by atoms with Gasteiger partial charge < -0.3 is 16.2 Å². The number of hydrogen-bond acceptors (Lipinski definition) is 9. The third kappa shape index (κ3) is 4.20. The predicted octanol–water partition coefficient (Wildman–Crippen LogP) is 1.71. The molecule has 0 bridgehead atoms. The van der Waals surface area contributed by atoms with Gasteiger partial charge in [-0.2, -0.15) is 10.1 Å². The fourth-order valence-corrected chi connectivity index (χ4v) is 5.05. The van der Waals surface area contributed by atoms with Gasteiger partial charge in [-0.1, -0.05) is 0 Å². The van der Waals surface area contributed by atoms with Crippen molar-refractivity contribution >= 4 is 22.8 Å². The number of nitrogens with two attached hydrogens (primary N) is 2. The summed E-state index contributed by atoms with van der Waals surface area (Å²) in [6.07, 6.45) is 5.94. The third-order valence-electron chi connectivity index (χ3n) is 7.14. The molecule has 2 aliphatic rings. The normalized spacial score (nSPS) is 18.8. The van der Waals surface area contributed by atoms with Crippen LogP contribution in [0.5, 0.6) is 5.75 Å². The SMILES string of the molecule is COc1cc(C2CCN(C3CN(C(C)C)C3)CC2)cnc1Cn1ncc2nc(N)nc(N)c21. The fraction of sp³-hybridized carbons (Fsp3) is 0.565. The third-order valence-corrected chi connectivity index (χ3v) is 7.14. The summed E-state index contributed by atoms with van der Waals surface area (Å²) >= 11 is 0. The van der Waals surface area contributed by atoms with Crippen molar-refractivity contribution in [3.05, 3.63) is 29.7 Å². The average molecular weight is 452 g/mol. The summed E-state index contributed by atoms with van der Waals surface area (Å²) in [6.45, 7) is 9.67. The second-order valence-electron chi connectivity index (χ2n) is 9.43. The van der Waals surface area contributed by atoms with Gasteiger partial charge in [0.15, 0.2) is 5.82 Å². The topological polar surface area (TPSA) is 124 Å². The molecule has 0 aromatic carbocycles. The molecule has 4 N–H and O–H groups in total. The minimum atomic E-state index is 0.139. The zero-order valence-electron chi connectivity index (χ0n) is 19.6. The Balaban J connectivity index is 1.27. The van der Waals surface area contributed by atoms with Gasteiger partial charge in [0.2, 0.25) is 5.95 Å². The van der Waals surface area contributed by atoms with Gasteiger partial charge in [0, 0.05) is 31.4 Å². The molecule has 5 heterocycles. The standard InChI is InChI=1S/C23H33N9O/c1-14(2)31-11-17(12-31)30-6-4-15(5-7-30)16-8-20(33-3)19(26-9-16)13-32-21-18(10-27-32)28-23(25)29-22(21)24/h8-10,14-15,17H,4-7,11-13H2,1-3H3,(H4,24,25,28,29). The molecule has 2 saturated heterocycles. The number of nitrogens with zero attached hydrogens (tertiary/aromatic N) is 7. The molecule has 33 heavy (non-hydrogen) atoms. The van der Waals surface area contributed by atoms with Gasteiger partial charge in [-0.15, -0.1) is 0 Å². The van der Waals surface area contributed by atoms with Gasteiger partial charge in [-0.25, -0.2) is 4.98 Å². The van der Waals surface area contributed by atoms with E-state index in [-0.39, 0.29) is 5.95 Å². The lowest BCUT2D eigenvalue weighted by Gasteiger charge is -2.49. The molecular formula is C23H33N9O. The van der Waals surface area contributed by atoms with Crippen LogP contribution in [0.15, 0.2) is 18.5 Å². The number of methoxy groups -OCH3 is 1. The van der Waals surface area contributed by atoms with Crippen LogP contribution in [0.1, 0.15) is 43.9 Å². The Morgan fingerprint density at radius 1 is 1.12 bits per heavy atom. The van der Waals surface area contributed by atoms with Crippen LogP contribution >= 0.6 is 0 Å². The second kappa shape index (κ2) is 8.75. The molecule has 0 unspecified atom stereocenters. The molecule has 0 aliphatic carbocycles. The molecule has 10 nitrogen and oxygen atoms in total. The van der Waals surface area contributed by atoms with E-state index in [2.05, 4.69) is 44.8 Å². The van der Waals surface area contributed by atoms with Crippen molar-refractivity contribution in [1.29, 1.82) is 0 Å². The maximum Gasteiger partial charge on any atom is 0.222 e. The maximum absolute atomic E-state index is 6.07. The lowest BCUT2D eigenvalue weighted by Crippen LogP contribution is -2.62. The maximum atomic E-state index is 6.07. The molecule has 5 rings (SSSR count). The summed E-state index contributed by atoms with van der Waals surface area (Å²) in [5.74, 6) is 1.72. The molecule has 2 aliphatic heterocycles.